The molecule has 2 atom stereocenters. The molecular formula is C11H23ClN2O2S. The number of hydrogen-bond donors (Lipinski definition) is 0. The number of nitrogens with zero attached hydrogens (tertiary/aromatic N) is 2. The van der Waals surface area contributed by atoms with E-state index in [0.717, 1.165) is 19.5 Å². The average Bonchev–Trinajstić information content (AvgIpc) is 2.79. The highest BCUT2D eigenvalue weighted by atomic mass is 35.5. The second-order valence-corrected chi connectivity index (χ2v) is 7.19. The molecule has 1 aliphatic heterocycles. The van der Waals surface area contributed by atoms with Gasteiger partial charge in [0.1, 0.15) is 0 Å². The largest absolute Gasteiger partial charge is 0.300 e. The lowest BCUT2D eigenvalue weighted by Gasteiger charge is -2.26. The SMILES string of the molecule is CCN(CC)C1CCN(S(=O)(=O)C(C)CCl)C1. The summed E-state index contributed by atoms with van der Waals surface area (Å²) in [5.41, 5.74) is 0. The van der Waals surface area contributed by atoms with Gasteiger partial charge in [-0.3, -0.25) is 4.90 Å². The Balaban J connectivity index is 2.67. The van der Waals surface area contributed by atoms with E-state index < -0.39 is 15.3 Å². The maximum Gasteiger partial charge on any atom is 0.217 e. The van der Waals surface area contributed by atoms with Crippen molar-refractivity contribution in [2.75, 3.05) is 32.1 Å². The number of likely N-dealkylation sites (N-methyl/N-ethyl adjacent to an activating group) is 1. The highest BCUT2D eigenvalue weighted by Gasteiger charge is 2.35. The van der Waals surface area contributed by atoms with Crippen LogP contribution < -0.4 is 0 Å². The van der Waals surface area contributed by atoms with Crippen molar-refractivity contribution in [2.45, 2.75) is 38.5 Å². The lowest BCUT2D eigenvalue weighted by molar-refractivity contribution is 0.224. The molecule has 0 aromatic carbocycles. The van der Waals surface area contributed by atoms with E-state index in [4.69, 9.17) is 11.6 Å². The third kappa shape index (κ3) is 3.34. The number of hydrogen-bond acceptors (Lipinski definition) is 3. The molecule has 0 amide bonds. The van der Waals surface area contributed by atoms with E-state index in [1.165, 1.54) is 0 Å². The lowest BCUT2D eigenvalue weighted by atomic mass is 10.2. The van der Waals surface area contributed by atoms with Gasteiger partial charge in [0.05, 0.1) is 5.25 Å². The molecule has 0 spiro atoms. The van der Waals surface area contributed by atoms with Gasteiger partial charge in [-0.2, -0.15) is 0 Å². The molecule has 1 fully saturated rings. The second-order valence-electron chi connectivity index (χ2n) is 4.53. The van der Waals surface area contributed by atoms with Gasteiger partial charge in [0.25, 0.3) is 0 Å². The van der Waals surface area contributed by atoms with Crippen LogP contribution in [0.25, 0.3) is 0 Å². The Morgan fingerprint density at radius 1 is 1.41 bits per heavy atom. The van der Waals surface area contributed by atoms with Crippen LogP contribution in [0.5, 0.6) is 0 Å². The van der Waals surface area contributed by atoms with E-state index in [-0.39, 0.29) is 5.88 Å². The third-order valence-corrected chi connectivity index (χ3v) is 6.42. The van der Waals surface area contributed by atoms with E-state index in [1.54, 1.807) is 11.2 Å². The van der Waals surface area contributed by atoms with Crippen LogP contribution in [0.3, 0.4) is 0 Å². The molecule has 1 heterocycles. The summed E-state index contributed by atoms with van der Waals surface area (Å²) in [5.74, 6) is 0.161. The summed E-state index contributed by atoms with van der Waals surface area (Å²) in [7, 11) is -3.20. The standard InChI is InChI=1S/C11H23ClN2O2S/c1-4-13(5-2)11-6-7-14(9-11)17(15,16)10(3)8-12/h10-11H,4-9H2,1-3H3. The third-order valence-electron chi connectivity index (χ3n) is 3.54. The van der Waals surface area contributed by atoms with Crippen LogP contribution in [-0.2, 0) is 10.0 Å². The van der Waals surface area contributed by atoms with Crippen LogP contribution in [0, 0.1) is 0 Å². The number of alkyl halides is 1. The predicted octanol–water partition coefficient (Wildman–Crippen LogP) is 1.36. The second kappa shape index (κ2) is 6.36. The molecule has 0 aromatic heterocycles. The fourth-order valence-corrected chi connectivity index (χ4v) is 4.20. The van der Waals surface area contributed by atoms with Gasteiger partial charge in [-0.1, -0.05) is 13.8 Å². The lowest BCUT2D eigenvalue weighted by Crippen LogP contribution is -2.41. The minimum Gasteiger partial charge on any atom is -0.300 e. The van der Waals surface area contributed by atoms with Crippen LogP contribution in [0.15, 0.2) is 0 Å². The van der Waals surface area contributed by atoms with Crippen LogP contribution in [0.2, 0.25) is 0 Å². The molecule has 1 aliphatic rings. The molecule has 17 heavy (non-hydrogen) atoms. The average molecular weight is 283 g/mol. The van der Waals surface area contributed by atoms with Crippen molar-refractivity contribution >= 4 is 21.6 Å². The zero-order valence-electron chi connectivity index (χ0n) is 10.9. The smallest absolute Gasteiger partial charge is 0.217 e. The van der Waals surface area contributed by atoms with Crippen molar-refractivity contribution < 1.29 is 8.42 Å². The van der Waals surface area contributed by atoms with E-state index >= 15 is 0 Å². The summed E-state index contributed by atoms with van der Waals surface area (Å²) in [4.78, 5) is 2.32. The minimum atomic E-state index is -3.20. The van der Waals surface area contributed by atoms with Gasteiger partial charge in [0.2, 0.25) is 10.0 Å². The zero-order valence-corrected chi connectivity index (χ0v) is 12.5. The van der Waals surface area contributed by atoms with Crippen molar-refractivity contribution in [3.8, 4) is 0 Å². The molecule has 0 bridgehead atoms. The van der Waals surface area contributed by atoms with Gasteiger partial charge in [-0.25, -0.2) is 12.7 Å². The Hall–Kier alpha value is 0.160. The molecule has 0 aromatic rings. The normalized spacial score (nSPS) is 24.4. The van der Waals surface area contributed by atoms with Crippen LogP contribution in [-0.4, -0.2) is 61.0 Å². The summed E-state index contributed by atoms with van der Waals surface area (Å²) in [6.07, 6.45) is 0.927. The van der Waals surface area contributed by atoms with E-state index in [0.29, 0.717) is 19.1 Å². The monoisotopic (exact) mass is 282 g/mol. The molecular weight excluding hydrogens is 260 g/mol. The Kier molecular flexibility index (Phi) is 5.70. The highest BCUT2D eigenvalue weighted by Crippen LogP contribution is 2.21. The predicted molar refractivity (Wildman–Crippen MR) is 72.0 cm³/mol. The molecule has 102 valence electrons. The Morgan fingerprint density at radius 2 is 2.00 bits per heavy atom. The summed E-state index contributed by atoms with van der Waals surface area (Å²) in [6, 6.07) is 0.363. The fourth-order valence-electron chi connectivity index (χ4n) is 2.31. The Bertz CT molecular complexity index is 330. The van der Waals surface area contributed by atoms with Crippen LogP contribution in [0.4, 0.5) is 0 Å². The summed E-state index contributed by atoms with van der Waals surface area (Å²) in [5, 5.41) is -0.486. The quantitative estimate of drug-likeness (QED) is 0.691. The summed E-state index contributed by atoms with van der Waals surface area (Å²) < 4.78 is 25.9. The molecule has 4 nitrogen and oxygen atoms in total. The first kappa shape index (κ1) is 15.2. The van der Waals surface area contributed by atoms with Crippen molar-refractivity contribution in [3.05, 3.63) is 0 Å². The summed E-state index contributed by atoms with van der Waals surface area (Å²) in [6.45, 7) is 9.09. The number of sulfonamides is 1. The van der Waals surface area contributed by atoms with E-state index in [9.17, 15) is 8.42 Å². The fraction of sp³-hybridized carbons (Fsp3) is 1.00. The first-order valence-electron chi connectivity index (χ1n) is 6.26. The molecule has 0 N–H and O–H groups in total. The van der Waals surface area contributed by atoms with E-state index in [1.807, 2.05) is 0 Å². The number of halogens is 1. The number of rotatable bonds is 6. The van der Waals surface area contributed by atoms with Crippen molar-refractivity contribution in [2.24, 2.45) is 0 Å². The highest BCUT2D eigenvalue weighted by molar-refractivity contribution is 7.89. The first-order chi connectivity index (χ1) is 7.97. The van der Waals surface area contributed by atoms with Crippen LogP contribution >= 0.6 is 11.6 Å². The molecule has 0 aliphatic carbocycles. The Morgan fingerprint density at radius 3 is 2.47 bits per heavy atom. The van der Waals surface area contributed by atoms with E-state index in [2.05, 4.69) is 18.7 Å². The van der Waals surface area contributed by atoms with Gasteiger partial charge in [-0.05, 0) is 26.4 Å². The first-order valence-corrected chi connectivity index (χ1v) is 8.30. The maximum atomic E-state index is 12.1. The van der Waals surface area contributed by atoms with Crippen molar-refractivity contribution in [1.29, 1.82) is 0 Å². The van der Waals surface area contributed by atoms with Gasteiger partial charge >= 0.3 is 0 Å². The summed E-state index contributed by atoms with van der Waals surface area (Å²) >= 11 is 5.65. The Labute approximate surface area is 110 Å². The maximum absolute atomic E-state index is 12.1. The van der Waals surface area contributed by atoms with Crippen LogP contribution in [0.1, 0.15) is 27.2 Å². The van der Waals surface area contributed by atoms with Crippen molar-refractivity contribution in [1.82, 2.24) is 9.21 Å². The van der Waals surface area contributed by atoms with Gasteiger partial charge < -0.3 is 0 Å². The van der Waals surface area contributed by atoms with Gasteiger partial charge in [-0.15, -0.1) is 11.6 Å². The topological polar surface area (TPSA) is 40.6 Å². The zero-order chi connectivity index (χ0) is 13.1. The molecule has 6 heteroatoms. The molecule has 1 saturated heterocycles. The van der Waals surface area contributed by atoms with Gasteiger partial charge in [0, 0.05) is 25.0 Å². The van der Waals surface area contributed by atoms with Gasteiger partial charge in [0.15, 0.2) is 0 Å². The molecule has 2 unspecified atom stereocenters. The van der Waals surface area contributed by atoms with Crippen molar-refractivity contribution in [3.63, 3.8) is 0 Å². The molecule has 0 saturated carbocycles. The molecule has 0 radical (unpaired) electrons. The minimum absolute atomic E-state index is 0.161. The molecule has 1 rings (SSSR count).